The summed E-state index contributed by atoms with van der Waals surface area (Å²) in [6.07, 6.45) is 3.39. The summed E-state index contributed by atoms with van der Waals surface area (Å²) in [5.41, 5.74) is 0.449. The molecule has 1 aromatic carbocycles. The number of phenols is 1. The quantitative estimate of drug-likeness (QED) is 0.375. The van der Waals surface area contributed by atoms with Gasteiger partial charge in [-0.25, -0.2) is 0 Å². The van der Waals surface area contributed by atoms with Crippen LogP contribution in [0.1, 0.15) is 17.5 Å². The summed E-state index contributed by atoms with van der Waals surface area (Å²) in [6.45, 7) is 0. The minimum absolute atomic E-state index is 0.0692. The number of hydrogen-bond donors (Lipinski definition) is 2. The van der Waals surface area contributed by atoms with Crippen LogP contribution in [0.15, 0.2) is 54.4 Å². The molecular formula is C18H15N3O4. The van der Waals surface area contributed by atoms with Crippen molar-refractivity contribution in [2.45, 2.75) is 12.0 Å². The molecule has 7 nitrogen and oxygen atoms in total. The normalized spacial score (nSPS) is 20.0. The molecule has 0 saturated carbocycles. The SMILES string of the molecule is COc1cc(C2C(=C=[N-])C(=O)NC(=O)C2[n+]2ccccc2)ccc1O. The Morgan fingerprint density at radius 1 is 1.24 bits per heavy atom. The zero-order valence-electron chi connectivity index (χ0n) is 13.3. The zero-order valence-corrected chi connectivity index (χ0v) is 13.3. The summed E-state index contributed by atoms with van der Waals surface area (Å²) in [6, 6.07) is 9.00. The highest BCUT2D eigenvalue weighted by atomic mass is 16.5. The minimum atomic E-state index is -0.817. The number of ether oxygens (including phenoxy) is 1. The number of benzene rings is 1. The number of amides is 2. The molecule has 3 rings (SSSR count). The number of pyridine rings is 1. The Morgan fingerprint density at radius 3 is 2.60 bits per heavy atom. The van der Waals surface area contributed by atoms with Gasteiger partial charge >= 0.3 is 0 Å². The van der Waals surface area contributed by atoms with Crippen LogP contribution in [0, 0.1) is 0 Å². The van der Waals surface area contributed by atoms with Crippen molar-refractivity contribution in [1.82, 2.24) is 5.32 Å². The highest BCUT2D eigenvalue weighted by molar-refractivity contribution is 6.14. The molecule has 1 saturated heterocycles. The lowest BCUT2D eigenvalue weighted by atomic mass is 9.81. The standard InChI is InChI=1S/C18H15N3O4/c1-25-14-9-11(5-6-13(14)22)15-12(10-19)17(23)20-18(24)16(15)21-7-3-2-4-8-21/h2-9,15-16,22H,1H3,(H,20,23,24). The number of aromatic nitrogens is 1. The predicted octanol–water partition coefficient (Wildman–Crippen LogP) is 0.835. The van der Waals surface area contributed by atoms with E-state index in [-0.39, 0.29) is 17.1 Å². The maximum Gasteiger partial charge on any atom is 0.296 e. The molecule has 25 heavy (non-hydrogen) atoms. The van der Waals surface area contributed by atoms with Crippen molar-refractivity contribution in [2.75, 3.05) is 7.11 Å². The summed E-state index contributed by atoms with van der Waals surface area (Å²) in [4.78, 5) is 24.7. The summed E-state index contributed by atoms with van der Waals surface area (Å²) >= 11 is 0. The van der Waals surface area contributed by atoms with E-state index in [0.717, 1.165) is 0 Å². The Balaban J connectivity index is 2.20. The van der Waals surface area contributed by atoms with Crippen LogP contribution in [0.25, 0.3) is 5.41 Å². The van der Waals surface area contributed by atoms with Gasteiger partial charge in [0.15, 0.2) is 23.9 Å². The third kappa shape index (κ3) is 2.88. The molecule has 0 aliphatic carbocycles. The molecule has 0 bridgehead atoms. The first-order valence-corrected chi connectivity index (χ1v) is 7.51. The first-order valence-electron chi connectivity index (χ1n) is 7.51. The molecule has 1 aromatic heterocycles. The number of nitrogens with zero attached hydrogens (tertiary/aromatic N) is 2. The van der Waals surface area contributed by atoms with E-state index in [9.17, 15) is 20.1 Å². The van der Waals surface area contributed by atoms with Crippen LogP contribution in [-0.2, 0) is 9.59 Å². The lowest BCUT2D eigenvalue weighted by molar-refractivity contribution is -0.711. The summed E-state index contributed by atoms with van der Waals surface area (Å²) in [5, 5.41) is 21.5. The van der Waals surface area contributed by atoms with E-state index in [1.807, 2.05) is 5.87 Å². The molecular weight excluding hydrogens is 322 g/mol. The van der Waals surface area contributed by atoms with Crippen LogP contribution in [0.3, 0.4) is 0 Å². The number of rotatable bonds is 3. The monoisotopic (exact) mass is 337 g/mol. The van der Waals surface area contributed by atoms with E-state index < -0.39 is 23.8 Å². The molecule has 2 heterocycles. The molecule has 126 valence electrons. The molecule has 2 atom stereocenters. The lowest BCUT2D eigenvalue weighted by Gasteiger charge is -2.28. The van der Waals surface area contributed by atoms with E-state index in [2.05, 4.69) is 5.32 Å². The second-order valence-corrected chi connectivity index (χ2v) is 5.52. The fraction of sp³-hybridized carbons (Fsp3) is 0.167. The number of carbonyl (C=O) groups is 2. The Hall–Kier alpha value is -3.44. The van der Waals surface area contributed by atoms with Crippen LogP contribution in [0.5, 0.6) is 11.5 Å². The highest BCUT2D eigenvalue weighted by Crippen LogP contribution is 2.38. The number of methoxy groups -OCH3 is 1. The molecule has 0 radical (unpaired) electrons. The Kier molecular flexibility index (Phi) is 4.33. The number of phenolic OH excluding ortho intramolecular Hbond substituents is 1. The summed E-state index contributed by atoms with van der Waals surface area (Å²) in [7, 11) is 1.40. The summed E-state index contributed by atoms with van der Waals surface area (Å²) < 4.78 is 6.75. The zero-order chi connectivity index (χ0) is 18.0. The maximum absolute atomic E-state index is 12.5. The fourth-order valence-electron chi connectivity index (χ4n) is 2.97. The second-order valence-electron chi connectivity index (χ2n) is 5.52. The van der Waals surface area contributed by atoms with Gasteiger partial charge in [0.05, 0.1) is 18.6 Å². The molecule has 1 fully saturated rings. The van der Waals surface area contributed by atoms with Crippen LogP contribution in [0.2, 0.25) is 0 Å². The lowest BCUT2D eigenvalue weighted by Crippen LogP contribution is -2.57. The van der Waals surface area contributed by atoms with E-state index in [0.29, 0.717) is 5.56 Å². The fourth-order valence-corrected chi connectivity index (χ4v) is 2.97. The molecule has 1 aliphatic rings. The van der Waals surface area contributed by atoms with Gasteiger partial charge in [-0.3, -0.25) is 20.8 Å². The van der Waals surface area contributed by atoms with Crippen LogP contribution >= 0.6 is 0 Å². The van der Waals surface area contributed by atoms with Gasteiger partial charge in [0.2, 0.25) is 6.04 Å². The predicted molar refractivity (Wildman–Crippen MR) is 88.1 cm³/mol. The van der Waals surface area contributed by atoms with Gasteiger partial charge in [0.25, 0.3) is 11.8 Å². The van der Waals surface area contributed by atoms with Crippen LogP contribution in [0.4, 0.5) is 0 Å². The first-order chi connectivity index (χ1) is 12.1. The number of carbonyl (C=O) groups excluding carboxylic acids is 2. The number of nitrogens with one attached hydrogen (secondary N) is 1. The highest BCUT2D eigenvalue weighted by Gasteiger charge is 2.46. The molecule has 2 unspecified atom stereocenters. The van der Waals surface area contributed by atoms with Crippen molar-refractivity contribution in [3.05, 3.63) is 65.3 Å². The van der Waals surface area contributed by atoms with Crippen molar-refractivity contribution in [1.29, 1.82) is 0 Å². The topological polar surface area (TPSA) is 102 Å². The number of imide groups is 1. The van der Waals surface area contributed by atoms with Gasteiger partial charge in [-0.15, -0.1) is 0 Å². The number of aromatic hydroxyl groups is 1. The maximum atomic E-state index is 12.5. The minimum Gasteiger partial charge on any atom is -0.763 e. The first kappa shape index (κ1) is 16.4. The van der Waals surface area contributed by atoms with Crippen molar-refractivity contribution >= 4 is 17.7 Å². The van der Waals surface area contributed by atoms with Crippen molar-refractivity contribution in [3.63, 3.8) is 0 Å². The molecule has 2 aromatic rings. The Bertz CT molecular complexity index is 888. The largest absolute Gasteiger partial charge is 0.763 e. The Labute approximate surface area is 143 Å². The third-order valence-corrected chi connectivity index (χ3v) is 4.12. The molecule has 2 N–H and O–H groups in total. The van der Waals surface area contributed by atoms with Crippen LogP contribution in [-0.4, -0.2) is 29.9 Å². The van der Waals surface area contributed by atoms with Gasteiger partial charge in [-0.1, -0.05) is 12.1 Å². The average Bonchev–Trinajstić information content (AvgIpc) is 2.62. The van der Waals surface area contributed by atoms with Crippen molar-refractivity contribution in [2.24, 2.45) is 0 Å². The van der Waals surface area contributed by atoms with Gasteiger partial charge in [0.1, 0.15) is 0 Å². The number of piperidine rings is 1. The van der Waals surface area contributed by atoms with Crippen molar-refractivity contribution < 1.29 is 24.0 Å². The number of hydrogen-bond acceptors (Lipinski definition) is 4. The summed E-state index contributed by atoms with van der Waals surface area (Å²) in [5.74, 6) is 0.0289. The molecule has 2 amide bonds. The smallest absolute Gasteiger partial charge is 0.296 e. The van der Waals surface area contributed by atoms with Gasteiger partial charge < -0.3 is 15.3 Å². The van der Waals surface area contributed by atoms with E-state index in [1.54, 1.807) is 41.2 Å². The Morgan fingerprint density at radius 2 is 1.96 bits per heavy atom. The molecule has 1 aliphatic heterocycles. The van der Waals surface area contributed by atoms with E-state index in [4.69, 9.17) is 4.74 Å². The van der Waals surface area contributed by atoms with Crippen molar-refractivity contribution in [3.8, 4) is 11.5 Å². The average molecular weight is 337 g/mol. The second kappa shape index (κ2) is 6.59. The molecule has 0 spiro atoms. The van der Waals surface area contributed by atoms with Gasteiger partial charge in [0, 0.05) is 12.1 Å². The van der Waals surface area contributed by atoms with E-state index >= 15 is 0 Å². The van der Waals surface area contributed by atoms with Crippen LogP contribution < -0.4 is 14.6 Å². The van der Waals surface area contributed by atoms with E-state index in [1.165, 1.54) is 19.2 Å². The molecule has 7 heteroatoms. The van der Waals surface area contributed by atoms with Gasteiger partial charge in [-0.2, -0.15) is 4.57 Å². The van der Waals surface area contributed by atoms with Gasteiger partial charge in [-0.05, 0) is 17.7 Å². The third-order valence-electron chi connectivity index (χ3n) is 4.12.